The van der Waals surface area contributed by atoms with E-state index in [2.05, 4.69) is 4.74 Å². The molecule has 1 aliphatic rings. The first kappa shape index (κ1) is 17.5. The van der Waals surface area contributed by atoms with Crippen LogP contribution in [0, 0.1) is 0 Å². The molecule has 0 radical (unpaired) electrons. The fraction of sp³-hybridized carbons (Fsp3) is 0.300. The summed E-state index contributed by atoms with van der Waals surface area (Å²) in [5.74, 6) is -0.276. The molecule has 0 N–H and O–H groups in total. The molecule has 4 nitrogen and oxygen atoms in total. The summed E-state index contributed by atoms with van der Waals surface area (Å²) in [7, 11) is 1.33. The lowest BCUT2D eigenvalue weighted by Crippen LogP contribution is -2.36. The van der Waals surface area contributed by atoms with Gasteiger partial charge in [-0.25, -0.2) is 4.79 Å². The molecule has 0 spiro atoms. The van der Waals surface area contributed by atoms with Crippen LogP contribution in [0.15, 0.2) is 48.5 Å². The van der Waals surface area contributed by atoms with Crippen molar-refractivity contribution in [3.63, 3.8) is 0 Å². The monoisotopic (exact) mass is 358 g/mol. The number of hydrogen-bond acceptors (Lipinski definition) is 4. The maximum Gasteiger partial charge on any atom is 0.337 e. The highest BCUT2D eigenvalue weighted by molar-refractivity contribution is 6.30. The maximum atomic E-state index is 13.0. The molecule has 0 saturated heterocycles. The predicted molar refractivity (Wildman–Crippen MR) is 95.0 cm³/mol. The van der Waals surface area contributed by atoms with Gasteiger partial charge in [0.05, 0.1) is 18.1 Å². The first-order chi connectivity index (χ1) is 12.0. The topological polar surface area (TPSA) is 52.6 Å². The zero-order chi connectivity index (χ0) is 17.9. The number of halogens is 1. The molecule has 130 valence electrons. The lowest BCUT2D eigenvalue weighted by Gasteiger charge is -2.27. The van der Waals surface area contributed by atoms with Gasteiger partial charge in [-0.15, -0.1) is 0 Å². The average Bonchev–Trinajstić information content (AvgIpc) is 3.13. The van der Waals surface area contributed by atoms with Gasteiger partial charge in [0.25, 0.3) is 0 Å². The van der Waals surface area contributed by atoms with Crippen LogP contribution in [-0.2, 0) is 14.9 Å². The van der Waals surface area contributed by atoms with Crippen molar-refractivity contribution in [1.29, 1.82) is 0 Å². The fourth-order valence-corrected chi connectivity index (χ4v) is 3.47. The van der Waals surface area contributed by atoms with E-state index in [1.165, 1.54) is 7.11 Å². The second-order valence-electron chi connectivity index (χ2n) is 6.20. The summed E-state index contributed by atoms with van der Waals surface area (Å²) in [4.78, 5) is 24.4. The van der Waals surface area contributed by atoms with Gasteiger partial charge < -0.3 is 9.47 Å². The Labute approximate surface area is 151 Å². The van der Waals surface area contributed by atoms with Crippen LogP contribution >= 0.6 is 11.6 Å². The summed E-state index contributed by atoms with van der Waals surface area (Å²) in [6.45, 7) is 0. The Hall–Kier alpha value is -2.33. The third kappa shape index (κ3) is 3.54. The fourth-order valence-electron chi connectivity index (χ4n) is 3.34. The van der Waals surface area contributed by atoms with Gasteiger partial charge in [0.2, 0.25) is 0 Å². The lowest BCUT2D eigenvalue weighted by molar-refractivity contribution is -0.140. The molecule has 1 aliphatic carbocycles. The van der Waals surface area contributed by atoms with Crippen LogP contribution in [-0.4, -0.2) is 19.0 Å². The minimum Gasteiger partial charge on any atom is -0.465 e. The van der Waals surface area contributed by atoms with Gasteiger partial charge in [0, 0.05) is 5.02 Å². The molecule has 0 amide bonds. The van der Waals surface area contributed by atoms with E-state index in [-0.39, 0.29) is 5.97 Å². The molecular weight excluding hydrogens is 340 g/mol. The van der Waals surface area contributed by atoms with E-state index in [1.54, 1.807) is 36.4 Å². The van der Waals surface area contributed by atoms with Gasteiger partial charge in [-0.05, 0) is 54.8 Å². The number of carbonyl (C=O) groups excluding carboxylic acids is 2. The second-order valence-corrected chi connectivity index (χ2v) is 6.64. The van der Waals surface area contributed by atoms with Crippen LogP contribution in [0.1, 0.15) is 41.6 Å². The molecule has 1 saturated carbocycles. The SMILES string of the molecule is COC(=O)c1ccc(OC(=O)C2(c3ccc(Cl)cc3)CCCC2)cc1. The van der Waals surface area contributed by atoms with Gasteiger partial charge in [-0.3, -0.25) is 4.79 Å². The molecule has 3 rings (SSSR count). The van der Waals surface area contributed by atoms with Crippen molar-refractivity contribution in [2.75, 3.05) is 7.11 Å². The number of benzene rings is 2. The van der Waals surface area contributed by atoms with Crippen LogP contribution in [0.3, 0.4) is 0 Å². The number of methoxy groups -OCH3 is 1. The van der Waals surface area contributed by atoms with Gasteiger partial charge in [-0.2, -0.15) is 0 Å². The predicted octanol–water partition coefficient (Wildman–Crippen LogP) is 4.54. The minimum atomic E-state index is -0.633. The molecule has 1 fully saturated rings. The van der Waals surface area contributed by atoms with Gasteiger partial charge in [-0.1, -0.05) is 36.6 Å². The highest BCUT2D eigenvalue weighted by Gasteiger charge is 2.44. The van der Waals surface area contributed by atoms with Crippen LogP contribution < -0.4 is 4.74 Å². The van der Waals surface area contributed by atoms with Crippen molar-refractivity contribution in [1.82, 2.24) is 0 Å². The van der Waals surface area contributed by atoms with Crippen LogP contribution in [0.25, 0.3) is 0 Å². The molecule has 0 unspecified atom stereocenters. The summed E-state index contributed by atoms with van der Waals surface area (Å²) in [5.41, 5.74) is 0.715. The Morgan fingerprint density at radius 3 is 2.12 bits per heavy atom. The van der Waals surface area contributed by atoms with Crippen LogP contribution in [0.4, 0.5) is 0 Å². The molecule has 0 aromatic heterocycles. The molecule has 0 atom stereocenters. The standard InChI is InChI=1S/C20H19ClO4/c1-24-18(22)14-4-10-17(11-5-14)25-19(23)20(12-2-3-13-20)15-6-8-16(21)9-7-15/h4-11H,2-3,12-13H2,1H3. The highest BCUT2D eigenvalue weighted by Crippen LogP contribution is 2.42. The maximum absolute atomic E-state index is 13.0. The molecule has 0 heterocycles. The smallest absolute Gasteiger partial charge is 0.337 e. The Kier molecular flexibility index (Phi) is 5.09. The Bertz CT molecular complexity index is 759. The lowest BCUT2D eigenvalue weighted by atomic mass is 9.79. The van der Waals surface area contributed by atoms with E-state index in [4.69, 9.17) is 16.3 Å². The van der Waals surface area contributed by atoms with E-state index in [9.17, 15) is 9.59 Å². The molecule has 0 aliphatic heterocycles. The highest BCUT2D eigenvalue weighted by atomic mass is 35.5. The Morgan fingerprint density at radius 1 is 0.960 bits per heavy atom. The van der Waals surface area contributed by atoms with Gasteiger partial charge in [0.15, 0.2) is 0 Å². The summed E-state index contributed by atoms with van der Waals surface area (Å²) in [6.07, 6.45) is 3.49. The molecule has 2 aromatic rings. The van der Waals surface area contributed by atoms with E-state index >= 15 is 0 Å². The van der Waals surface area contributed by atoms with E-state index in [1.807, 2.05) is 12.1 Å². The third-order valence-electron chi connectivity index (χ3n) is 4.73. The average molecular weight is 359 g/mol. The zero-order valence-corrected chi connectivity index (χ0v) is 14.7. The number of hydrogen-bond donors (Lipinski definition) is 0. The largest absolute Gasteiger partial charge is 0.465 e. The molecular formula is C20H19ClO4. The normalized spacial score (nSPS) is 15.6. The van der Waals surface area contributed by atoms with Crippen LogP contribution in [0.5, 0.6) is 5.75 Å². The minimum absolute atomic E-state index is 0.266. The first-order valence-corrected chi connectivity index (χ1v) is 8.60. The van der Waals surface area contributed by atoms with Crippen molar-refractivity contribution in [3.8, 4) is 5.75 Å². The zero-order valence-electron chi connectivity index (χ0n) is 14.0. The van der Waals surface area contributed by atoms with Crippen molar-refractivity contribution < 1.29 is 19.1 Å². The summed E-state index contributed by atoms with van der Waals surface area (Å²) >= 11 is 5.97. The Balaban J connectivity index is 1.82. The molecule has 5 heteroatoms. The van der Waals surface area contributed by atoms with Gasteiger partial charge >= 0.3 is 11.9 Å². The molecule has 0 bridgehead atoms. The quantitative estimate of drug-likeness (QED) is 0.594. The van der Waals surface area contributed by atoms with Crippen molar-refractivity contribution in [3.05, 3.63) is 64.7 Å². The van der Waals surface area contributed by atoms with Crippen molar-refractivity contribution in [2.45, 2.75) is 31.1 Å². The summed E-state index contributed by atoms with van der Waals surface area (Å²) in [6, 6.07) is 13.8. The van der Waals surface area contributed by atoms with Crippen LogP contribution in [0.2, 0.25) is 5.02 Å². The Morgan fingerprint density at radius 2 is 1.56 bits per heavy atom. The van der Waals surface area contributed by atoms with Crippen molar-refractivity contribution in [2.24, 2.45) is 0 Å². The van der Waals surface area contributed by atoms with E-state index < -0.39 is 11.4 Å². The summed E-state index contributed by atoms with van der Waals surface area (Å²) in [5, 5.41) is 0.642. The summed E-state index contributed by atoms with van der Waals surface area (Å²) < 4.78 is 10.3. The van der Waals surface area contributed by atoms with Crippen molar-refractivity contribution >= 4 is 23.5 Å². The third-order valence-corrected chi connectivity index (χ3v) is 4.98. The first-order valence-electron chi connectivity index (χ1n) is 8.22. The number of carbonyl (C=O) groups is 2. The second kappa shape index (κ2) is 7.28. The van der Waals surface area contributed by atoms with E-state index in [0.29, 0.717) is 16.3 Å². The van der Waals surface area contributed by atoms with E-state index in [0.717, 1.165) is 31.2 Å². The number of rotatable bonds is 4. The molecule has 25 heavy (non-hydrogen) atoms. The molecule has 2 aromatic carbocycles. The number of esters is 2. The number of ether oxygens (including phenoxy) is 2. The van der Waals surface area contributed by atoms with Gasteiger partial charge in [0.1, 0.15) is 5.75 Å².